The number of imide groups is 1. The lowest BCUT2D eigenvalue weighted by Crippen LogP contribution is -2.54. The molecule has 3 atom stereocenters. The van der Waals surface area contributed by atoms with Crippen LogP contribution in [0.4, 0.5) is 4.79 Å². The molecule has 3 amide bonds. The monoisotopic (exact) mass is 451 g/mol. The van der Waals surface area contributed by atoms with Gasteiger partial charge < -0.3 is 5.32 Å². The van der Waals surface area contributed by atoms with Crippen molar-refractivity contribution in [3.8, 4) is 0 Å². The molecule has 3 aliphatic rings. The molecule has 9 nitrogen and oxygen atoms in total. The molecule has 1 aliphatic carbocycles. The average molecular weight is 452 g/mol. The zero-order valence-electron chi connectivity index (χ0n) is 18.8. The van der Waals surface area contributed by atoms with Crippen LogP contribution < -0.4 is 5.32 Å². The molecule has 4 rings (SSSR count). The Kier molecular flexibility index (Phi) is 5.66. The molecular weight excluding hydrogens is 418 g/mol. The van der Waals surface area contributed by atoms with Crippen LogP contribution in [0.15, 0.2) is 0 Å². The summed E-state index contributed by atoms with van der Waals surface area (Å²) >= 11 is 0. The summed E-state index contributed by atoms with van der Waals surface area (Å²) in [6.45, 7) is 6.66. The van der Waals surface area contributed by atoms with Crippen molar-refractivity contribution in [2.45, 2.75) is 71.0 Å². The molecule has 1 aromatic heterocycles. The normalized spacial score (nSPS) is 30.5. The van der Waals surface area contributed by atoms with Gasteiger partial charge in [-0.3, -0.25) is 14.4 Å². The Bertz CT molecular complexity index is 1000. The minimum atomic E-state index is -2.99. The number of rotatable bonds is 5. The lowest BCUT2D eigenvalue weighted by molar-refractivity contribution is -0.135. The van der Waals surface area contributed by atoms with Crippen molar-refractivity contribution in [3.05, 3.63) is 17.0 Å². The maximum atomic E-state index is 13.2. The maximum Gasteiger partial charge on any atom is 0.326 e. The van der Waals surface area contributed by atoms with E-state index in [2.05, 4.69) is 17.3 Å². The number of amides is 3. The second-order valence-corrected chi connectivity index (χ2v) is 11.8. The molecule has 3 fully saturated rings. The molecule has 0 radical (unpaired) electrons. The summed E-state index contributed by atoms with van der Waals surface area (Å²) in [6, 6.07) is -0.438. The molecule has 0 bridgehead atoms. The third-order valence-corrected chi connectivity index (χ3v) is 9.09. The van der Waals surface area contributed by atoms with Crippen molar-refractivity contribution in [3.63, 3.8) is 0 Å². The van der Waals surface area contributed by atoms with E-state index in [1.165, 1.54) is 4.90 Å². The van der Waals surface area contributed by atoms with Crippen LogP contribution in [0.3, 0.4) is 0 Å². The van der Waals surface area contributed by atoms with Gasteiger partial charge in [0.25, 0.3) is 5.91 Å². The van der Waals surface area contributed by atoms with Crippen LogP contribution in [0.25, 0.3) is 0 Å². The van der Waals surface area contributed by atoms with Crippen LogP contribution in [-0.4, -0.2) is 70.7 Å². The Morgan fingerprint density at radius 2 is 1.97 bits per heavy atom. The van der Waals surface area contributed by atoms with Crippen LogP contribution in [0.2, 0.25) is 0 Å². The summed E-state index contributed by atoms with van der Waals surface area (Å²) < 4.78 is 25.6. The Labute approximate surface area is 184 Å². The topological polar surface area (TPSA) is 105 Å². The quantitative estimate of drug-likeness (QED) is 0.684. The minimum Gasteiger partial charge on any atom is -0.323 e. The van der Waals surface area contributed by atoms with Gasteiger partial charge in [-0.15, -0.1) is 0 Å². The van der Waals surface area contributed by atoms with E-state index in [1.54, 1.807) is 0 Å². The number of hydrogen-bond donors (Lipinski definition) is 1. The smallest absolute Gasteiger partial charge is 0.323 e. The predicted molar refractivity (Wildman–Crippen MR) is 116 cm³/mol. The predicted octanol–water partition coefficient (Wildman–Crippen LogP) is 1.75. The van der Waals surface area contributed by atoms with Gasteiger partial charge in [0, 0.05) is 17.8 Å². The highest BCUT2D eigenvalue weighted by Gasteiger charge is 2.54. The first-order valence-corrected chi connectivity index (χ1v) is 12.9. The van der Waals surface area contributed by atoms with E-state index in [1.807, 2.05) is 30.5 Å². The molecule has 10 heteroatoms. The summed E-state index contributed by atoms with van der Waals surface area (Å²) in [4.78, 5) is 29.1. The molecule has 3 heterocycles. The highest BCUT2D eigenvalue weighted by molar-refractivity contribution is 7.91. The lowest BCUT2D eigenvalue weighted by Gasteiger charge is -2.37. The number of sulfone groups is 1. The molecule has 2 saturated heterocycles. The Balaban J connectivity index is 1.46. The number of aryl methyl sites for hydroxylation is 1. The zero-order valence-corrected chi connectivity index (χ0v) is 19.7. The van der Waals surface area contributed by atoms with Crippen LogP contribution in [0.5, 0.6) is 0 Å². The maximum absolute atomic E-state index is 13.2. The van der Waals surface area contributed by atoms with Crippen LogP contribution >= 0.6 is 0 Å². The number of aromatic nitrogens is 2. The van der Waals surface area contributed by atoms with Crippen molar-refractivity contribution in [2.24, 2.45) is 5.92 Å². The largest absolute Gasteiger partial charge is 0.326 e. The third kappa shape index (κ3) is 3.88. The number of nitrogens with one attached hydrogen (secondary N) is 1. The number of carbonyl (C=O) groups is 2. The molecule has 2 aliphatic heterocycles. The molecule has 1 aromatic rings. The number of hydrogen-bond acceptors (Lipinski definition) is 6. The lowest BCUT2D eigenvalue weighted by atomic mass is 9.73. The van der Waals surface area contributed by atoms with E-state index in [0.29, 0.717) is 19.4 Å². The summed E-state index contributed by atoms with van der Waals surface area (Å²) in [5.74, 6) is 0.361. The molecule has 0 unspecified atom stereocenters. The van der Waals surface area contributed by atoms with Crippen molar-refractivity contribution in [1.82, 2.24) is 24.9 Å². The SMILES string of the molecule is Cc1nn([C@@H]2CCS(=O)(=O)C2)c(C)c1CN(C)CN1C(=O)N[C@]2(CCCC[C@H]2C)C1=O. The van der Waals surface area contributed by atoms with E-state index in [9.17, 15) is 18.0 Å². The Morgan fingerprint density at radius 1 is 1.23 bits per heavy atom. The van der Waals surface area contributed by atoms with E-state index in [-0.39, 0.29) is 42.1 Å². The molecule has 1 spiro atoms. The number of carbonyl (C=O) groups excluding carboxylic acids is 2. The van der Waals surface area contributed by atoms with E-state index >= 15 is 0 Å². The third-order valence-electron chi connectivity index (χ3n) is 7.34. The van der Waals surface area contributed by atoms with E-state index < -0.39 is 15.4 Å². The minimum absolute atomic E-state index is 0.114. The van der Waals surface area contributed by atoms with Gasteiger partial charge in [-0.2, -0.15) is 5.10 Å². The van der Waals surface area contributed by atoms with Gasteiger partial charge in [-0.1, -0.05) is 19.8 Å². The summed E-state index contributed by atoms with van der Waals surface area (Å²) in [6.07, 6.45) is 4.28. The number of nitrogens with zero attached hydrogens (tertiary/aromatic N) is 4. The summed E-state index contributed by atoms with van der Waals surface area (Å²) in [5.41, 5.74) is 2.06. The Hall–Kier alpha value is -1.94. The first-order chi connectivity index (χ1) is 14.5. The fourth-order valence-electron chi connectivity index (χ4n) is 5.43. The highest BCUT2D eigenvalue weighted by atomic mass is 32.2. The van der Waals surface area contributed by atoms with Gasteiger partial charge in [0.05, 0.1) is 29.9 Å². The van der Waals surface area contributed by atoms with Gasteiger partial charge in [0.2, 0.25) is 0 Å². The van der Waals surface area contributed by atoms with Crippen molar-refractivity contribution < 1.29 is 18.0 Å². The van der Waals surface area contributed by atoms with Crippen LogP contribution in [0.1, 0.15) is 62.0 Å². The van der Waals surface area contributed by atoms with Gasteiger partial charge in [-0.25, -0.2) is 18.1 Å². The second-order valence-electron chi connectivity index (χ2n) is 9.59. The molecular formula is C21H33N5O4S. The van der Waals surface area contributed by atoms with Gasteiger partial charge in [-0.05, 0) is 46.1 Å². The molecule has 0 aromatic carbocycles. The van der Waals surface area contributed by atoms with Crippen molar-refractivity contribution >= 4 is 21.8 Å². The molecule has 1 saturated carbocycles. The summed E-state index contributed by atoms with van der Waals surface area (Å²) in [5, 5.41) is 7.61. The Morgan fingerprint density at radius 3 is 2.61 bits per heavy atom. The van der Waals surface area contributed by atoms with E-state index in [0.717, 1.165) is 36.2 Å². The van der Waals surface area contributed by atoms with Crippen LogP contribution in [-0.2, 0) is 21.2 Å². The number of urea groups is 1. The first-order valence-electron chi connectivity index (χ1n) is 11.1. The van der Waals surface area contributed by atoms with Gasteiger partial charge in [0.15, 0.2) is 9.84 Å². The van der Waals surface area contributed by atoms with Crippen molar-refractivity contribution in [2.75, 3.05) is 25.2 Å². The van der Waals surface area contributed by atoms with Gasteiger partial charge >= 0.3 is 6.03 Å². The summed E-state index contributed by atoms with van der Waals surface area (Å²) in [7, 11) is -1.11. The van der Waals surface area contributed by atoms with Crippen LogP contribution in [0, 0.1) is 19.8 Å². The molecule has 31 heavy (non-hydrogen) atoms. The highest BCUT2D eigenvalue weighted by Crippen LogP contribution is 2.38. The zero-order chi connectivity index (χ0) is 22.6. The standard InChI is InChI=1S/C21H33N5O4S/c1-14-7-5-6-9-21(14)19(27)25(20(28)22-21)13-24(4)11-18-15(2)23-26(16(18)3)17-8-10-31(29,30)12-17/h14,17H,5-13H2,1-4H3,(H,22,28)/t14-,17-,21+/m1/s1. The average Bonchev–Trinajstić information content (AvgIpc) is 3.27. The fraction of sp³-hybridized carbons (Fsp3) is 0.762. The van der Waals surface area contributed by atoms with E-state index in [4.69, 9.17) is 0 Å². The molecule has 172 valence electrons. The van der Waals surface area contributed by atoms with Crippen molar-refractivity contribution in [1.29, 1.82) is 0 Å². The van der Waals surface area contributed by atoms with Gasteiger partial charge in [0.1, 0.15) is 5.54 Å². The fourth-order valence-corrected chi connectivity index (χ4v) is 7.13. The molecule has 1 N–H and O–H groups in total. The first kappa shape index (κ1) is 22.3. The second kappa shape index (κ2) is 7.88.